The summed E-state index contributed by atoms with van der Waals surface area (Å²) in [5.74, 6) is -0.285. The largest absolute Gasteiger partial charge is 0.394 e. The highest BCUT2D eigenvalue weighted by molar-refractivity contribution is 5.76. The number of carbonyl (C=O) groups is 1. The summed E-state index contributed by atoms with van der Waals surface area (Å²) in [4.78, 5) is 13.4. The molecule has 17 unspecified atom stereocenters. The van der Waals surface area contributed by atoms with Gasteiger partial charge in [0.25, 0.3) is 0 Å². The standard InChI is InChI=1S/C69H127NO18/c1-3-5-7-9-11-13-15-17-19-21-23-25-26-27-28-30-32-34-36-38-40-42-44-46-53(74)52(70-57(75)47-45-43-41-39-37-35-33-31-29-24-22-20-18-16-14-12-10-8-6-4-2)51-83-67-63(81)60(78)65(55(49-72)85-67)88-69-64(82)61(79)66(56(50-73)86-69)87-68-62(80)59(77)58(76)54(48-71)84-68/h28,30,36,38,44,46,52-56,58-69,71-74,76-82H,3-27,29,31-35,37,39-43,45,47-51H2,1-2H3,(H,70,75)/b30-28+,38-36+,46-44+. The number of aliphatic hydroxyl groups is 11. The van der Waals surface area contributed by atoms with Crippen LogP contribution in [0.5, 0.6) is 0 Å². The van der Waals surface area contributed by atoms with Crippen LogP contribution in [0.15, 0.2) is 36.5 Å². The Hall–Kier alpha value is -1.99. The first-order chi connectivity index (χ1) is 42.8. The minimum atomic E-state index is -1.98. The number of amides is 1. The SMILES string of the molecule is CCCCCCCCCCCCCCC/C=C/CC/C=C/CC/C=C/C(O)C(COC1OC(CO)C(OC2OC(CO)C(OC3OC(CO)C(O)C(O)C3O)C(O)C2O)C(O)C1O)NC(=O)CCCCCCCCCCCCCCCCCCCCCC. The van der Waals surface area contributed by atoms with E-state index in [0.29, 0.717) is 12.8 Å². The van der Waals surface area contributed by atoms with Gasteiger partial charge in [-0.25, -0.2) is 0 Å². The minimum Gasteiger partial charge on any atom is -0.394 e. The van der Waals surface area contributed by atoms with E-state index >= 15 is 0 Å². The van der Waals surface area contributed by atoms with Gasteiger partial charge in [0.1, 0.15) is 73.2 Å². The van der Waals surface area contributed by atoms with E-state index in [9.17, 15) is 61.0 Å². The van der Waals surface area contributed by atoms with Gasteiger partial charge in [0.05, 0.1) is 38.6 Å². The van der Waals surface area contributed by atoms with Crippen molar-refractivity contribution in [1.29, 1.82) is 0 Å². The molecule has 3 heterocycles. The topological polar surface area (TPSA) is 307 Å². The molecule has 0 aliphatic carbocycles. The maximum absolute atomic E-state index is 13.4. The summed E-state index contributed by atoms with van der Waals surface area (Å²) in [7, 11) is 0. The molecule has 3 aliphatic rings. The number of hydrogen-bond donors (Lipinski definition) is 12. The predicted molar refractivity (Wildman–Crippen MR) is 342 cm³/mol. The average molecular weight is 1260 g/mol. The number of carbonyl (C=O) groups excluding carboxylic acids is 1. The Kier molecular flexibility index (Phi) is 46.9. The third-order valence-electron chi connectivity index (χ3n) is 17.7. The lowest BCUT2D eigenvalue weighted by Crippen LogP contribution is -2.66. The molecule has 1 amide bonds. The molecule has 0 saturated carbocycles. The number of rotatable bonds is 54. The first-order valence-corrected chi connectivity index (χ1v) is 35.2. The van der Waals surface area contributed by atoms with Crippen LogP contribution >= 0.6 is 0 Å². The maximum atomic E-state index is 13.4. The lowest BCUT2D eigenvalue weighted by molar-refractivity contribution is -0.379. The van der Waals surface area contributed by atoms with Gasteiger partial charge in [0.15, 0.2) is 18.9 Å². The molecule has 0 spiro atoms. The summed E-state index contributed by atoms with van der Waals surface area (Å²) in [6.07, 6.45) is 32.6. The van der Waals surface area contributed by atoms with Crippen LogP contribution in [0.4, 0.5) is 0 Å². The Balaban J connectivity index is 1.46. The molecule has 3 aliphatic heterocycles. The minimum absolute atomic E-state index is 0.236. The predicted octanol–water partition coefficient (Wildman–Crippen LogP) is 9.22. The Labute approximate surface area is 530 Å². The fraction of sp³-hybridized carbons (Fsp3) is 0.899. The van der Waals surface area contributed by atoms with Gasteiger partial charge in [-0.1, -0.05) is 249 Å². The highest BCUT2D eigenvalue weighted by Gasteiger charge is 2.53. The molecule has 3 rings (SSSR count). The molecular formula is C69H127NO18. The molecule has 0 aromatic heterocycles. The highest BCUT2D eigenvalue weighted by atomic mass is 16.8. The number of unbranched alkanes of at least 4 members (excludes halogenated alkanes) is 34. The van der Waals surface area contributed by atoms with Crippen molar-refractivity contribution in [1.82, 2.24) is 5.32 Å². The van der Waals surface area contributed by atoms with Crippen LogP contribution in [0.25, 0.3) is 0 Å². The van der Waals surface area contributed by atoms with Crippen LogP contribution in [0, 0.1) is 0 Å². The first-order valence-electron chi connectivity index (χ1n) is 35.2. The molecule has 0 aromatic rings. The zero-order chi connectivity index (χ0) is 64.0. The molecular weight excluding hydrogens is 1130 g/mol. The van der Waals surface area contributed by atoms with Gasteiger partial charge in [-0.05, 0) is 44.9 Å². The Morgan fingerprint density at radius 3 is 1.14 bits per heavy atom. The van der Waals surface area contributed by atoms with E-state index in [1.807, 2.05) is 6.08 Å². The van der Waals surface area contributed by atoms with Gasteiger partial charge < -0.3 is 89.9 Å². The second-order valence-electron chi connectivity index (χ2n) is 25.3. The van der Waals surface area contributed by atoms with Gasteiger partial charge in [-0.15, -0.1) is 0 Å². The van der Waals surface area contributed by atoms with E-state index in [1.165, 1.54) is 186 Å². The highest BCUT2D eigenvalue weighted by Crippen LogP contribution is 2.33. The summed E-state index contributed by atoms with van der Waals surface area (Å²) >= 11 is 0. The second kappa shape index (κ2) is 51.4. The van der Waals surface area contributed by atoms with Gasteiger partial charge in [-0.3, -0.25) is 4.79 Å². The normalized spacial score (nSPS) is 28.6. The lowest BCUT2D eigenvalue weighted by Gasteiger charge is -2.48. The maximum Gasteiger partial charge on any atom is 0.220 e. The zero-order valence-electron chi connectivity index (χ0n) is 54.5. The van der Waals surface area contributed by atoms with Gasteiger partial charge in [-0.2, -0.15) is 0 Å². The summed E-state index contributed by atoms with van der Waals surface area (Å²) in [5.41, 5.74) is 0. The molecule has 88 heavy (non-hydrogen) atoms. The van der Waals surface area contributed by atoms with Gasteiger partial charge >= 0.3 is 0 Å². The van der Waals surface area contributed by atoms with Crippen molar-refractivity contribution in [2.45, 2.75) is 369 Å². The Morgan fingerprint density at radius 2 is 0.727 bits per heavy atom. The molecule has 3 fully saturated rings. The van der Waals surface area contributed by atoms with Crippen molar-refractivity contribution >= 4 is 5.91 Å². The molecule has 0 aromatic carbocycles. The third-order valence-corrected chi connectivity index (χ3v) is 17.7. The number of hydrogen-bond acceptors (Lipinski definition) is 18. The Bertz CT molecular complexity index is 1740. The molecule has 516 valence electrons. The van der Waals surface area contributed by atoms with Gasteiger partial charge in [0, 0.05) is 6.42 Å². The second-order valence-corrected chi connectivity index (χ2v) is 25.3. The molecule has 12 N–H and O–H groups in total. The number of nitrogens with one attached hydrogen (secondary N) is 1. The monoisotopic (exact) mass is 1260 g/mol. The summed E-state index contributed by atoms with van der Waals surface area (Å²) < 4.78 is 34.3. The summed E-state index contributed by atoms with van der Waals surface area (Å²) in [5, 5.41) is 120. The number of aliphatic hydroxyl groups excluding tert-OH is 11. The Morgan fingerprint density at radius 1 is 0.398 bits per heavy atom. The van der Waals surface area contributed by atoms with Crippen LogP contribution in [0.3, 0.4) is 0 Å². The van der Waals surface area contributed by atoms with Crippen molar-refractivity contribution in [3.8, 4) is 0 Å². The average Bonchev–Trinajstić information content (AvgIpc) is 1.28. The van der Waals surface area contributed by atoms with E-state index in [1.54, 1.807) is 6.08 Å². The van der Waals surface area contributed by atoms with Crippen molar-refractivity contribution in [2.24, 2.45) is 0 Å². The van der Waals surface area contributed by atoms with Crippen LogP contribution in [-0.4, -0.2) is 193 Å². The van der Waals surface area contributed by atoms with E-state index in [4.69, 9.17) is 28.4 Å². The molecule has 3 saturated heterocycles. The molecule has 17 atom stereocenters. The molecule has 0 bridgehead atoms. The van der Waals surface area contributed by atoms with Crippen LogP contribution in [0.2, 0.25) is 0 Å². The van der Waals surface area contributed by atoms with Crippen molar-refractivity contribution in [2.75, 3.05) is 26.4 Å². The molecule has 0 radical (unpaired) electrons. The lowest BCUT2D eigenvalue weighted by atomic mass is 9.96. The van der Waals surface area contributed by atoms with E-state index < -0.39 is 124 Å². The quantitative estimate of drug-likeness (QED) is 0.0199. The zero-order valence-corrected chi connectivity index (χ0v) is 54.5. The van der Waals surface area contributed by atoms with Crippen LogP contribution in [-0.2, 0) is 33.2 Å². The third kappa shape index (κ3) is 33.2. The van der Waals surface area contributed by atoms with Crippen molar-refractivity contribution in [3.05, 3.63) is 36.5 Å². The van der Waals surface area contributed by atoms with E-state index in [0.717, 1.165) is 44.9 Å². The fourth-order valence-corrected chi connectivity index (χ4v) is 11.9. The van der Waals surface area contributed by atoms with Crippen molar-refractivity contribution < 1.29 is 89.4 Å². The molecule has 19 heteroatoms. The number of allylic oxidation sites excluding steroid dienone is 5. The van der Waals surface area contributed by atoms with Crippen LogP contribution in [0.1, 0.15) is 264 Å². The summed E-state index contributed by atoms with van der Waals surface area (Å²) in [6, 6.07) is -0.994. The van der Waals surface area contributed by atoms with Gasteiger partial charge in [0.2, 0.25) is 5.91 Å². The van der Waals surface area contributed by atoms with E-state index in [2.05, 4.69) is 43.5 Å². The number of ether oxygens (including phenoxy) is 6. The molecule has 19 nitrogen and oxygen atoms in total. The van der Waals surface area contributed by atoms with E-state index in [-0.39, 0.29) is 18.9 Å². The first kappa shape index (κ1) is 80.2. The van der Waals surface area contributed by atoms with Crippen LogP contribution < -0.4 is 5.32 Å². The smallest absolute Gasteiger partial charge is 0.220 e. The van der Waals surface area contributed by atoms with Crippen molar-refractivity contribution in [3.63, 3.8) is 0 Å². The summed E-state index contributed by atoms with van der Waals surface area (Å²) in [6.45, 7) is 1.74. The fourth-order valence-electron chi connectivity index (χ4n) is 11.9.